The van der Waals surface area contributed by atoms with Gasteiger partial charge in [0.15, 0.2) is 5.96 Å². The molecule has 1 aromatic carbocycles. The lowest BCUT2D eigenvalue weighted by atomic mass is 10.0. The topological polar surface area (TPSA) is 48.7 Å². The van der Waals surface area contributed by atoms with E-state index in [9.17, 15) is 0 Å². The summed E-state index contributed by atoms with van der Waals surface area (Å²) in [5, 5.41) is 7.97. The summed E-state index contributed by atoms with van der Waals surface area (Å²) in [5.74, 6) is 1.53. The Morgan fingerprint density at radius 1 is 1.16 bits per heavy atom. The van der Waals surface area contributed by atoms with Gasteiger partial charge in [-0.25, -0.2) is 0 Å². The van der Waals surface area contributed by atoms with Gasteiger partial charge in [-0.15, -0.1) is 24.0 Å². The molecule has 0 radical (unpaired) electrons. The molecule has 2 fully saturated rings. The number of benzene rings is 1. The van der Waals surface area contributed by atoms with E-state index >= 15 is 0 Å². The summed E-state index contributed by atoms with van der Waals surface area (Å²) < 4.78 is 1.89. The van der Waals surface area contributed by atoms with Crippen LogP contribution in [0.4, 0.5) is 0 Å². The van der Waals surface area contributed by atoms with E-state index < -0.39 is 0 Å². The smallest absolute Gasteiger partial charge is 0.193 e. The Morgan fingerprint density at radius 2 is 1.97 bits per heavy atom. The van der Waals surface area contributed by atoms with E-state index in [1.165, 1.54) is 42.5 Å². The predicted octanol–water partition coefficient (Wildman–Crippen LogP) is 3.98. The molecule has 3 heterocycles. The average Bonchev–Trinajstić information content (AvgIpc) is 3.41. The van der Waals surface area contributed by atoms with Crippen LogP contribution in [0, 0.1) is 0 Å². The lowest BCUT2D eigenvalue weighted by Gasteiger charge is -2.34. The second kappa shape index (κ2) is 11.3. The van der Waals surface area contributed by atoms with Crippen LogP contribution in [0.2, 0.25) is 0 Å². The molecule has 6 nitrogen and oxygen atoms in total. The summed E-state index contributed by atoms with van der Waals surface area (Å²) in [6, 6.07) is 9.54. The van der Waals surface area contributed by atoms with E-state index in [1.54, 1.807) is 0 Å². The van der Waals surface area contributed by atoms with Crippen molar-refractivity contribution < 1.29 is 0 Å². The van der Waals surface area contributed by atoms with Crippen LogP contribution in [0.1, 0.15) is 55.2 Å². The summed E-state index contributed by atoms with van der Waals surface area (Å²) >= 11 is 0. The predicted molar refractivity (Wildman–Crippen MR) is 138 cm³/mol. The lowest BCUT2D eigenvalue weighted by Crippen LogP contribution is -2.40. The van der Waals surface area contributed by atoms with Gasteiger partial charge in [0.2, 0.25) is 0 Å². The zero-order chi connectivity index (χ0) is 20.9. The van der Waals surface area contributed by atoms with Gasteiger partial charge in [-0.05, 0) is 49.4 Å². The van der Waals surface area contributed by atoms with E-state index in [-0.39, 0.29) is 24.0 Å². The number of likely N-dealkylation sites (tertiary alicyclic amines) is 2. The number of aryl methyl sites for hydroxylation is 1. The van der Waals surface area contributed by atoms with Crippen molar-refractivity contribution in [3.63, 3.8) is 0 Å². The standard InChI is InChI=1S/C24H36N6.HI/c1-19-8-6-7-12-29(19)17-21-10-5-4-9-20(21)14-26-24(25-2)30-13-11-22(18-30)23-15-27-28(3)16-23;/h4-5,9-10,15-16,19,22H,6-8,11-14,17-18H2,1-3H3,(H,25,26);1H. The van der Waals surface area contributed by atoms with Crippen molar-refractivity contribution in [2.24, 2.45) is 12.0 Å². The third-order valence-electron chi connectivity index (χ3n) is 6.77. The molecule has 2 unspecified atom stereocenters. The van der Waals surface area contributed by atoms with Gasteiger partial charge in [-0.1, -0.05) is 30.7 Å². The van der Waals surface area contributed by atoms with Crippen LogP contribution >= 0.6 is 24.0 Å². The minimum atomic E-state index is 0. The zero-order valence-corrected chi connectivity index (χ0v) is 21.5. The van der Waals surface area contributed by atoms with Gasteiger partial charge in [0.25, 0.3) is 0 Å². The molecule has 2 aliphatic heterocycles. The lowest BCUT2D eigenvalue weighted by molar-refractivity contribution is 0.152. The SMILES string of the molecule is CN=C(NCc1ccccc1CN1CCCCC1C)N1CCC(c2cnn(C)c2)C1.I. The largest absolute Gasteiger partial charge is 0.352 e. The van der Waals surface area contributed by atoms with E-state index in [1.807, 2.05) is 25.0 Å². The highest BCUT2D eigenvalue weighted by atomic mass is 127. The number of nitrogens with one attached hydrogen (secondary N) is 1. The molecule has 0 amide bonds. The quantitative estimate of drug-likeness (QED) is 0.357. The molecule has 2 aromatic rings. The molecule has 2 aliphatic rings. The number of nitrogens with zero attached hydrogens (tertiary/aromatic N) is 5. The number of aromatic nitrogens is 2. The number of hydrogen-bond acceptors (Lipinski definition) is 3. The van der Waals surface area contributed by atoms with Crippen LogP contribution in [0.3, 0.4) is 0 Å². The van der Waals surface area contributed by atoms with Crippen LogP contribution in [0.15, 0.2) is 41.7 Å². The first-order valence-electron chi connectivity index (χ1n) is 11.4. The maximum atomic E-state index is 4.58. The molecule has 2 saturated heterocycles. The molecule has 2 atom stereocenters. The van der Waals surface area contributed by atoms with Crippen molar-refractivity contribution in [1.29, 1.82) is 0 Å². The maximum absolute atomic E-state index is 4.58. The third kappa shape index (κ3) is 6.00. The Morgan fingerprint density at radius 3 is 2.68 bits per heavy atom. The van der Waals surface area contributed by atoms with E-state index in [0.29, 0.717) is 12.0 Å². The number of guanidine groups is 1. The fourth-order valence-corrected chi connectivity index (χ4v) is 4.88. The number of halogens is 1. The molecule has 170 valence electrons. The molecular formula is C24H37IN6. The Kier molecular flexibility index (Phi) is 8.77. The fourth-order valence-electron chi connectivity index (χ4n) is 4.88. The van der Waals surface area contributed by atoms with Crippen molar-refractivity contribution in [2.75, 3.05) is 26.7 Å². The van der Waals surface area contributed by atoms with E-state index in [4.69, 9.17) is 0 Å². The number of aliphatic imine (C=N–C) groups is 1. The Balaban J connectivity index is 0.00000272. The Labute approximate surface area is 204 Å². The number of piperidine rings is 1. The molecule has 7 heteroatoms. The van der Waals surface area contributed by atoms with Gasteiger partial charge in [-0.2, -0.15) is 5.10 Å². The first kappa shape index (κ1) is 24.0. The number of hydrogen-bond donors (Lipinski definition) is 1. The van der Waals surface area contributed by atoms with Crippen molar-refractivity contribution in [2.45, 2.75) is 57.7 Å². The molecule has 0 saturated carbocycles. The second-order valence-corrected chi connectivity index (χ2v) is 8.86. The molecule has 1 N–H and O–H groups in total. The van der Waals surface area contributed by atoms with Gasteiger partial charge < -0.3 is 10.2 Å². The Bertz CT molecular complexity index is 863. The van der Waals surface area contributed by atoms with Crippen LogP contribution in [0.25, 0.3) is 0 Å². The van der Waals surface area contributed by atoms with Crippen LogP contribution in [0.5, 0.6) is 0 Å². The Hall–Kier alpha value is -1.61. The van der Waals surface area contributed by atoms with Crippen LogP contribution < -0.4 is 5.32 Å². The first-order valence-corrected chi connectivity index (χ1v) is 11.4. The van der Waals surface area contributed by atoms with Gasteiger partial charge >= 0.3 is 0 Å². The van der Waals surface area contributed by atoms with Crippen molar-refractivity contribution in [3.05, 3.63) is 53.3 Å². The summed E-state index contributed by atoms with van der Waals surface area (Å²) in [4.78, 5) is 9.59. The highest BCUT2D eigenvalue weighted by Gasteiger charge is 2.27. The third-order valence-corrected chi connectivity index (χ3v) is 6.77. The summed E-state index contributed by atoms with van der Waals surface area (Å²) in [6.07, 6.45) is 9.30. The average molecular weight is 537 g/mol. The zero-order valence-electron chi connectivity index (χ0n) is 19.1. The highest BCUT2D eigenvalue weighted by Crippen LogP contribution is 2.27. The van der Waals surface area contributed by atoms with Gasteiger partial charge in [-0.3, -0.25) is 14.6 Å². The van der Waals surface area contributed by atoms with Crippen molar-refractivity contribution in [1.82, 2.24) is 24.9 Å². The monoisotopic (exact) mass is 536 g/mol. The van der Waals surface area contributed by atoms with Gasteiger partial charge in [0, 0.05) is 58.4 Å². The molecule has 0 bridgehead atoms. The van der Waals surface area contributed by atoms with Crippen LogP contribution in [-0.2, 0) is 20.1 Å². The summed E-state index contributed by atoms with van der Waals surface area (Å²) in [6.45, 7) is 7.48. The van der Waals surface area contributed by atoms with E-state index in [2.05, 4.69) is 62.6 Å². The molecular weight excluding hydrogens is 499 g/mol. The van der Waals surface area contributed by atoms with E-state index in [0.717, 1.165) is 38.6 Å². The normalized spacial score (nSPS) is 22.4. The molecule has 1 aromatic heterocycles. The highest BCUT2D eigenvalue weighted by molar-refractivity contribution is 14.0. The fraction of sp³-hybridized carbons (Fsp3) is 0.583. The maximum Gasteiger partial charge on any atom is 0.193 e. The summed E-state index contributed by atoms with van der Waals surface area (Å²) in [7, 11) is 3.87. The van der Waals surface area contributed by atoms with Gasteiger partial charge in [0.05, 0.1) is 6.20 Å². The second-order valence-electron chi connectivity index (χ2n) is 8.86. The molecule has 0 spiro atoms. The minimum absolute atomic E-state index is 0. The first-order chi connectivity index (χ1) is 14.6. The van der Waals surface area contributed by atoms with Crippen LogP contribution in [-0.4, -0.2) is 58.3 Å². The minimum Gasteiger partial charge on any atom is -0.352 e. The summed E-state index contributed by atoms with van der Waals surface area (Å²) in [5.41, 5.74) is 4.14. The molecule has 4 rings (SSSR count). The van der Waals surface area contributed by atoms with Gasteiger partial charge in [0.1, 0.15) is 0 Å². The van der Waals surface area contributed by atoms with Crippen molar-refractivity contribution >= 4 is 29.9 Å². The molecule has 31 heavy (non-hydrogen) atoms. The number of rotatable bonds is 5. The van der Waals surface area contributed by atoms with Crippen molar-refractivity contribution in [3.8, 4) is 0 Å². The molecule has 0 aliphatic carbocycles.